The van der Waals surface area contributed by atoms with Gasteiger partial charge in [0.1, 0.15) is 0 Å². The van der Waals surface area contributed by atoms with Crippen LogP contribution in [-0.2, 0) is 8.85 Å². The van der Waals surface area contributed by atoms with Crippen LogP contribution in [0.3, 0.4) is 0 Å². The third kappa shape index (κ3) is 3.07. The van der Waals surface area contributed by atoms with E-state index < -0.39 is 8.72 Å². The van der Waals surface area contributed by atoms with Crippen LogP contribution in [0.5, 0.6) is 0 Å². The van der Waals surface area contributed by atoms with E-state index in [1.165, 1.54) is 25.7 Å². The molecule has 0 aromatic rings. The molecule has 1 fully saturated rings. The molecule has 1 aliphatic heterocycles. The smallest absolute Gasteiger partial charge is 0.386 e. The Kier molecular flexibility index (Phi) is 6.05. The van der Waals surface area contributed by atoms with Crippen LogP contribution < -0.4 is 0 Å². The van der Waals surface area contributed by atoms with E-state index in [0.717, 1.165) is 6.42 Å². The molecule has 2 atom stereocenters. The zero-order valence-corrected chi connectivity index (χ0v) is 15.0. The minimum absolute atomic E-state index is 0.102. The van der Waals surface area contributed by atoms with E-state index in [4.69, 9.17) is 8.85 Å². The van der Waals surface area contributed by atoms with Crippen molar-refractivity contribution in [2.45, 2.75) is 83.8 Å². The standard InChI is InChI=1S/C15H33NO2Si/c1-8-12-15(4,5)19(17-6,18-7)16-13(2)10-9-11-14(16)3/h13-14H,8-12H2,1-7H3. The van der Waals surface area contributed by atoms with Gasteiger partial charge in [0.25, 0.3) is 0 Å². The lowest BCUT2D eigenvalue weighted by atomic mass is 10.0. The summed E-state index contributed by atoms with van der Waals surface area (Å²) in [5, 5.41) is 0.102. The number of piperidine rings is 1. The van der Waals surface area contributed by atoms with Crippen LogP contribution in [0.2, 0.25) is 5.04 Å². The molecule has 0 bridgehead atoms. The van der Waals surface area contributed by atoms with Gasteiger partial charge in [0.15, 0.2) is 0 Å². The van der Waals surface area contributed by atoms with Gasteiger partial charge in [0, 0.05) is 31.3 Å². The summed E-state index contributed by atoms with van der Waals surface area (Å²) in [6.07, 6.45) is 6.16. The molecule has 2 unspecified atom stereocenters. The zero-order chi connectivity index (χ0) is 14.7. The monoisotopic (exact) mass is 287 g/mol. The Bertz CT molecular complexity index is 269. The lowest BCUT2D eigenvalue weighted by Crippen LogP contribution is -2.69. The van der Waals surface area contributed by atoms with E-state index in [1.807, 2.05) is 14.2 Å². The maximum Gasteiger partial charge on any atom is 0.433 e. The molecule has 0 aromatic carbocycles. The molecule has 1 heterocycles. The number of hydrogen-bond acceptors (Lipinski definition) is 3. The van der Waals surface area contributed by atoms with Crippen molar-refractivity contribution < 1.29 is 8.85 Å². The first-order valence-electron chi connectivity index (χ1n) is 7.75. The van der Waals surface area contributed by atoms with Crippen LogP contribution in [0.1, 0.15) is 66.7 Å². The number of hydrogen-bond donors (Lipinski definition) is 0. The van der Waals surface area contributed by atoms with Crippen molar-refractivity contribution in [1.82, 2.24) is 4.57 Å². The van der Waals surface area contributed by atoms with Gasteiger partial charge in [-0.1, -0.05) is 33.6 Å². The normalized spacial score (nSPS) is 26.7. The van der Waals surface area contributed by atoms with E-state index in [0.29, 0.717) is 12.1 Å². The quantitative estimate of drug-likeness (QED) is 0.688. The highest BCUT2D eigenvalue weighted by Crippen LogP contribution is 2.47. The number of nitrogens with zero attached hydrogens (tertiary/aromatic N) is 1. The summed E-state index contributed by atoms with van der Waals surface area (Å²) < 4.78 is 14.9. The maximum absolute atomic E-state index is 6.13. The van der Waals surface area contributed by atoms with Gasteiger partial charge >= 0.3 is 8.72 Å². The van der Waals surface area contributed by atoms with Gasteiger partial charge in [-0.3, -0.25) is 4.57 Å². The molecule has 0 amide bonds. The summed E-state index contributed by atoms with van der Waals surface area (Å²) in [4.78, 5) is 0. The van der Waals surface area contributed by atoms with Gasteiger partial charge in [-0.15, -0.1) is 0 Å². The van der Waals surface area contributed by atoms with E-state index >= 15 is 0 Å². The van der Waals surface area contributed by atoms with Gasteiger partial charge in [-0.25, -0.2) is 0 Å². The van der Waals surface area contributed by atoms with E-state index in [1.54, 1.807) is 0 Å². The minimum Gasteiger partial charge on any atom is -0.386 e. The SMILES string of the molecule is CCCC(C)(C)[Si](OC)(OC)N1C(C)CCCC1C. The second kappa shape index (κ2) is 6.70. The van der Waals surface area contributed by atoms with Gasteiger partial charge in [-0.05, 0) is 33.1 Å². The topological polar surface area (TPSA) is 21.7 Å². The molecular weight excluding hydrogens is 254 g/mol. The summed E-state index contributed by atoms with van der Waals surface area (Å²) in [6, 6.07) is 1.12. The molecule has 4 heteroatoms. The Morgan fingerprint density at radius 1 is 1.11 bits per heavy atom. The molecule has 0 aromatic heterocycles. The Labute approximate surface area is 121 Å². The molecule has 0 N–H and O–H groups in total. The fraction of sp³-hybridized carbons (Fsp3) is 1.00. The third-order valence-corrected chi connectivity index (χ3v) is 9.45. The van der Waals surface area contributed by atoms with Crippen LogP contribution >= 0.6 is 0 Å². The van der Waals surface area contributed by atoms with Crippen LogP contribution in [-0.4, -0.2) is 39.6 Å². The van der Waals surface area contributed by atoms with E-state index in [-0.39, 0.29) is 5.04 Å². The summed E-state index contributed by atoms with van der Waals surface area (Å²) >= 11 is 0. The van der Waals surface area contributed by atoms with Crippen LogP contribution in [0, 0.1) is 0 Å². The molecule has 1 aliphatic rings. The van der Waals surface area contributed by atoms with Crippen molar-refractivity contribution in [2.75, 3.05) is 14.2 Å². The highest BCUT2D eigenvalue weighted by molar-refractivity contribution is 6.67. The Hall–Kier alpha value is 0.0969. The summed E-state index contributed by atoms with van der Waals surface area (Å²) in [7, 11) is 1.31. The molecule has 3 nitrogen and oxygen atoms in total. The van der Waals surface area contributed by atoms with Crippen molar-refractivity contribution in [3.8, 4) is 0 Å². The van der Waals surface area contributed by atoms with Crippen LogP contribution in [0.4, 0.5) is 0 Å². The molecule has 1 saturated heterocycles. The van der Waals surface area contributed by atoms with Gasteiger partial charge in [0.05, 0.1) is 0 Å². The van der Waals surface area contributed by atoms with Crippen molar-refractivity contribution in [3.63, 3.8) is 0 Å². The zero-order valence-electron chi connectivity index (χ0n) is 14.0. The predicted molar refractivity (Wildman–Crippen MR) is 83.3 cm³/mol. The number of rotatable bonds is 6. The average Bonchev–Trinajstić information content (AvgIpc) is 2.34. The Balaban J connectivity index is 3.16. The fourth-order valence-electron chi connectivity index (χ4n) is 3.98. The molecule has 0 radical (unpaired) electrons. The first kappa shape index (κ1) is 17.1. The summed E-state index contributed by atoms with van der Waals surface area (Å²) in [5.41, 5.74) is 0. The highest BCUT2D eigenvalue weighted by Gasteiger charge is 2.58. The first-order chi connectivity index (χ1) is 8.86. The van der Waals surface area contributed by atoms with Gasteiger partial charge in [0.2, 0.25) is 0 Å². The van der Waals surface area contributed by atoms with Crippen LogP contribution in [0.15, 0.2) is 0 Å². The van der Waals surface area contributed by atoms with Gasteiger partial charge < -0.3 is 8.85 Å². The van der Waals surface area contributed by atoms with E-state index in [2.05, 4.69) is 39.2 Å². The maximum atomic E-state index is 6.13. The van der Waals surface area contributed by atoms with Crippen molar-refractivity contribution >= 4 is 8.72 Å². The minimum atomic E-state index is -2.38. The second-order valence-electron chi connectivity index (χ2n) is 6.66. The molecule has 1 rings (SSSR count). The van der Waals surface area contributed by atoms with Gasteiger partial charge in [-0.2, -0.15) is 0 Å². The third-order valence-electron chi connectivity index (χ3n) is 4.82. The summed E-state index contributed by atoms with van der Waals surface area (Å²) in [5.74, 6) is 0. The van der Waals surface area contributed by atoms with E-state index in [9.17, 15) is 0 Å². The molecule has 0 spiro atoms. The summed E-state index contributed by atoms with van der Waals surface area (Å²) in [6.45, 7) is 11.6. The van der Waals surface area contributed by atoms with Crippen LogP contribution in [0.25, 0.3) is 0 Å². The lowest BCUT2D eigenvalue weighted by molar-refractivity contribution is 0.0678. The molecule has 114 valence electrons. The molecule has 0 saturated carbocycles. The second-order valence-corrected chi connectivity index (χ2v) is 10.5. The highest BCUT2D eigenvalue weighted by atomic mass is 28.4. The molecule has 0 aliphatic carbocycles. The lowest BCUT2D eigenvalue weighted by Gasteiger charge is -2.53. The predicted octanol–water partition coefficient (Wildman–Crippen LogP) is 4.06. The van der Waals surface area contributed by atoms with Crippen molar-refractivity contribution in [1.29, 1.82) is 0 Å². The largest absolute Gasteiger partial charge is 0.433 e. The molecule has 19 heavy (non-hydrogen) atoms. The Morgan fingerprint density at radius 3 is 1.95 bits per heavy atom. The molecular formula is C15H33NO2Si. The first-order valence-corrected chi connectivity index (χ1v) is 9.51. The Morgan fingerprint density at radius 2 is 1.58 bits per heavy atom. The van der Waals surface area contributed by atoms with Crippen molar-refractivity contribution in [3.05, 3.63) is 0 Å². The van der Waals surface area contributed by atoms with Crippen molar-refractivity contribution in [2.24, 2.45) is 0 Å². The fourth-order valence-corrected chi connectivity index (χ4v) is 8.36. The average molecular weight is 288 g/mol.